The average Bonchev–Trinajstić information content (AvgIpc) is 2.88. The molecule has 1 aromatic heterocycles. The molecule has 106 valence electrons. The van der Waals surface area contributed by atoms with E-state index in [0.717, 1.165) is 33.5 Å². The zero-order valence-electron chi connectivity index (χ0n) is 11.4. The van der Waals surface area contributed by atoms with Crippen LogP contribution in [0.4, 0.5) is 0 Å². The van der Waals surface area contributed by atoms with E-state index in [1.54, 1.807) is 0 Å². The third kappa shape index (κ3) is 3.52. The summed E-state index contributed by atoms with van der Waals surface area (Å²) in [6.07, 6.45) is 3.07. The number of aromatic amines is 1. The predicted molar refractivity (Wildman–Crippen MR) is 92.9 cm³/mol. The lowest BCUT2D eigenvalue weighted by Crippen LogP contribution is -1.99. The first-order valence-electron chi connectivity index (χ1n) is 6.82. The van der Waals surface area contributed by atoms with Crippen molar-refractivity contribution in [3.8, 4) is 11.3 Å². The van der Waals surface area contributed by atoms with Gasteiger partial charge in [-0.25, -0.2) is 0 Å². The van der Waals surface area contributed by atoms with Gasteiger partial charge in [0.15, 0.2) is 4.77 Å². The summed E-state index contributed by atoms with van der Waals surface area (Å²) in [5, 5.41) is 0. The van der Waals surface area contributed by atoms with E-state index in [1.165, 1.54) is 5.56 Å². The van der Waals surface area contributed by atoms with Gasteiger partial charge >= 0.3 is 0 Å². The van der Waals surface area contributed by atoms with Crippen LogP contribution in [0.15, 0.2) is 65.3 Å². The Bertz CT molecular complexity index is 773. The van der Waals surface area contributed by atoms with Gasteiger partial charge in [0.1, 0.15) is 0 Å². The minimum absolute atomic E-state index is 0.767. The van der Waals surface area contributed by atoms with Crippen molar-refractivity contribution in [1.29, 1.82) is 0 Å². The van der Waals surface area contributed by atoms with E-state index in [9.17, 15) is 0 Å². The number of hydrogen-bond acceptors (Lipinski definition) is 1. The van der Waals surface area contributed by atoms with Crippen LogP contribution in [0.1, 0.15) is 5.56 Å². The topological polar surface area (TPSA) is 20.7 Å². The van der Waals surface area contributed by atoms with Crippen LogP contribution in [-0.2, 0) is 13.0 Å². The predicted octanol–water partition coefficient (Wildman–Crippen LogP) is 5.22. The fourth-order valence-electron chi connectivity index (χ4n) is 2.27. The van der Waals surface area contributed by atoms with E-state index in [1.807, 2.05) is 18.2 Å². The van der Waals surface area contributed by atoms with Crippen LogP contribution in [-0.4, -0.2) is 9.55 Å². The van der Waals surface area contributed by atoms with E-state index in [4.69, 9.17) is 12.2 Å². The Hall–Kier alpha value is -1.65. The molecule has 0 aliphatic carbocycles. The van der Waals surface area contributed by atoms with Crippen molar-refractivity contribution in [2.24, 2.45) is 0 Å². The van der Waals surface area contributed by atoms with Gasteiger partial charge in [-0.3, -0.25) is 0 Å². The summed E-state index contributed by atoms with van der Waals surface area (Å²) in [7, 11) is 0. The molecule has 0 radical (unpaired) electrons. The van der Waals surface area contributed by atoms with Crippen LogP contribution < -0.4 is 0 Å². The van der Waals surface area contributed by atoms with Gasteiger partial charge in [0, 0.05) is 17.2 Å². The van der Waals surface area contributed by atoms with Crippen LogP contribution in [0.3, 0.4) is 0 Å². The first-order valence-corrected chi connectivity index (χ1v) is 8.02. The van der Waals surface area contributed by atoms with Crippen LogP contribution in [0.5, 0.6) is 0 Å². The number of rotatable bonds is 4. The molecule has 0 saturated heterocycles. The second-order valence-electron chi connectivity index (χ2n) is 4.91. The lowest BCUT2D eigenvalue weighted by Gasteiger charge is -2.02. The van der Waals surface area contributed by atoms with Crippen LogP contribution in [0.25, 0.3) is 11.3 Å². The highest BCUT2D eigenvalue weighted by molar-refractivity contribution is 9.10. The second kappa shape index (κ2) is 6.41. The van der Waals surface area contributed by atoms with E-state index in [0.29, 0.717) is 0 Å². The molecule has 1 heterocycles. The number of aromatic nitrogens is 2. The Morgan fingerprint density at radius 2 is 1.71 bits per heavy atom. The fraction of sp³-hybridized carbons (Fsp3) is 0.118. The largest absolute Gasteiger partial charge is 0.331 e. The molecule has 0 atom stereocenters. The fourth-order valence-corrected chi connectivity index (χ4v) is 2.79. The highest BCUT2D eigenvalue weighted by atomic mass is 79.9. The maximum absolute atomic E-state index is 5.41. The minimum Gasteiger partial charge on any atom is -0.331 e. The number of benzene rings is 2. The number of nitrogens with zero attached hydrogens (tertiary/aromatic N) is 1. The van der Waals surface area contributed by atoms with E-state index >= 15 is 0 Å². The van der Waals surface area contributed by atoms with Crippen LogP contribution in [0, 0.1) is 4.77 Å². The molecule has 2 aromatic carbocycles. The molecule has 0 fully saturated rings. The number of H-pyrrole nitrogens is 1. The van der Waals surface area contributed by atoms with Gasteiger partial charge in [-0.1, -0.05) is 58.4 Å². The monoisotopic (exact) mass is 358 g/mol. The van der Waals surface area contributed by atoms with Gasteiger partial charge in [0.05, 0.1) is 5.69 Å². The Morgan fingerprint density at radius 3 is 2.43 bits per heavy atom. The van der Waals surface area contributed by atoms with Crippen molar-refractivity contribution in [3.63, 3.8) is 0 Å². The first-order chi connectivity index (χ1) is 10.2. The van der Waals surface area contributed by atoms with Crippen molar-refractivity contribution < 1.29 is 0 Å². The molecule has 2 nitrogen and oxygen atoms in total. The standard InChI is InChI=1S/C17H15BrN2S/c18-15-8-6-14(7-9-15)16-12-20(17(21)19-16)11-10-13-4-2-1-3-5-13/h1-9,12H,10-11H2,(H,19,21). The van der Waals surface area contributed by atoms with Crippen LogP contribution >= 0.6 is 28.1 Å². The molecule has 1 N–H and O–H groups in total. The van der Waals surface area contributed by atoms with Gasteiger partial charge in [-0.15, -0.1) is 0 Å². The SMILES string of the molecule is S=c1[nH]c(-c2ccc(Br)cc2)cn1CCc1ccccc1. The summed E-state index contributed by atoms with van der Waals surface area (Å²) >= 11 is 8.86. The molecule has 0 bridgehead atoms. The zero-order valence-corrected chi connectivity index (χ0v) is 13.8. The summed E-state index contributed by atoms with van der Waals surface area (Å²) in [6.45, 7) is 0.885. The third-order valence-corrected chi connectivity index (χ3v) is 4.29. The van der Waals surface area contributed by atoms with Gasteiger partial charge in [-0.05, 0) is 41.9 Å². The number of hydrogen-bond donors (Lipinski definition) is 1. The highest BCUT2D eigenvalue weighted by Crippen LogP contribution is 2.20. The average molecular weight is 359 g/mol. The molecule has 0 amide bonds. The van der Waals surface area contributed by atoms with Gasteiger partial charge in [0.25, 0.3) is 0 Å². The Labute approximate surface area is 137 Å². The van der Waals surface area contributed by atoms with E-state index < -0.39 is 0 Å². The van der Waals surface area contributed by atoms with Crippen molar-refractivity contribution in [1.82, 2.24) is 9.55 Å². The van der Waals surface area contributed by atoms with Crippen molar-refractivity contribution in [2.45, 2.75) is 13.0 Å². The second-order valence-corrected chi connectivity index (χ2v) is 6.21. The van der Waals surface area contributed by atoms with Gasteiger partial charge in [-0.2, -0.15) is 0 Å². The molecule has 3 aromatic rings. The summed E-state index contributed by atoms with van der Waals surface area (Å²) in [6, 6.07) is 18.7. The highest BCUT2D eigenvalue weighted by Gasteiger charge is 2.03. The maximum Gasteiger partial charge on any atom is 0.177 e. The quantitative estimate of drug-likeness (QED) is 0.634. The van der Waals surface area contributed by atoms with E-state index in [2.05, 4.69) is 68.1 Å². The van der Waals surface area contributed by atoms with Crippen molar-refractivity contribution >= 4 is 28.1 Å². The number of nitrogens with one attached hydrogen (secondary N) is 1. The smallest absolute Gasteiger partial charge is 0.177 e. The Balaban J connectivity index is 1.78. The normalized spacial score (nSPS) is 10.7. The number of aryl methyl sites for hydroxylation is 2. The van der Waals surface area contributed by atoms with Crippen LogP contribution in [0.2, 0.25) is 0 Å². The number of imidazole rings is 1. The molecule has 4 heteroatoms. The Morgan fingerprint density at radius 1 is 1.00 bits per heavy atom. The maximum atomic E-state index is 5.41. The van der Waals surface area contributed by atoms with Crippen molar-refractivity contribution in [2.75, 3.05) is 0 Å². The molecule has 0 aliphatic heterocycles. The first kappa shape index (κ1) is 14.3. The molecule has 0 saturated carbocycles. The Kier molecular flexibility index (Phi) is 4.36. The molecule has 3 rings (SSSR count). The zero-order chi connectivity index (χ0) is 14.7. The summed E-state index contributed by atoms with van der Waals surface area (Å²) in [5.74, 6) is 0. The van der Waals surface area contributed by atoms with Gasteiger partial charge in [0.2, 0.25) is 0 Å². The molecule has 0 unspecified atom stereocenters. The summed E-state index contributed by atoms with van der Waals surface area (Å²) < 4.78 is 3.94. The third-order valence-electron chi connectivity index (χ3n) is 3.43. The molecular weight excluding hydrogens is 344 g/mol. The molecule has 0 aliphatic rings. The van der Waals surface area contributed by atoms with Crippen molar-refractivity contribution in [3.05, 3.63) is 75.6 Å². The lowest BCUT2D eigenvalue weighted by molar-refractivity contribution is 0.687. The lowest BCUT2D eigenvalue weighted by atomic mass is 10.1. The summed E-state index contributed by atoms with van der Waals surface area (Å²) in [4.78, 5) is 3.28. The number of halogens is 1. The molecule has 0 spiro atoms. The van der Waals surface area contributed by atoms with E-state index in [-0.39, 0.29) is 0 Å². The molecule has 21 heavy (non-hydrogen) atoms. The summed E-state index contributed by atoms with van der Waals surface area (Å²) in [5.41, 5.74) is 3.52. The molecular formula is C17H15BrN2S. The van der Waals surface area contributed by atoms with Gasteiger partial charge < -0.3 is 9.55 Å². The minimum atomic E-state index is 0.767.